The van der Waals surface area contributed by atoms with Crippen molar-refractivity contribution in [1.82, 2.24) is 0 Å². The molecular formula is C11H12BrClO3S. The Labute approximate surface area is 114 Å². The molecule has 0 aliphatic carbocycles. The van der Waals surface area contributed by atoms with E-state index in [1.54, 1.807) is 12.1 Å². The van der Waals surface area contributed by atoms with Gasteiger partial charge in [-0.1, -0.05) is 34.5 Å². The maximum Gasteiger partial charge on any atom is 0.194 e. The van der Waals surface area contributed by atoms with Gasteiger partial charge in [-0.3, -0.25) is 4.79 Å². The standard InChI is InChI=1S/C11H12BrClO3S/c1-3-17(15,16)11(2,12)10(14)8-4-6-9(13)7-5-8/h4-7H,3H2,1-2H3/t11-/m0/s1. The lowest BCUT2D eigenvalue weighted by atomic mass is 10.1. The Kier molecular flexibility index (Phi) is 4.38. The van der Waals surface area contributed by atoms with E-state index < -0.39 is 19.3 Å². The molecule has 0 amide bonds. The van der Waals surface area contributed by atoms with Crippen molar-refractivity contribution < 1.29 is 13.2 Å². The minimum Gasteiger partial charge on any atom is -0.291 e. The van der Waals surface area contributed by atoms with Crippen molar-refractivity contribution in [2.75, 3.05) is 5.75 Å². The van der Waals surface area contributed by atoms with Crippen molar-refractivity contribution >= 4 is 43.2 Å². The molecule has 0 saturated heterocycles. The molecule has 1 atom stereocenters. The van der Waals surface area contributed by atoms with Crippen LogP contribution in [0.4, 0.5) is 0 Å². The van der Waals surface area contributed by atoms with Gasteiger partial charge in [-0.05, 0) is 31.2 Å². The van der Waals surface area contributed by atoms with Gasteiger partial charge in [0, 0.05) is 16.3 Å². The molecule has 6 heteroatoms. The summed E-state index contributed by atoms with van der Waals surface area (Å²) in [6.07, 6.45) is 0. The van der Waals surface area contributed by atoms with E-state index in [1.807, 2.05) is 0 Å². The van der Waals surface area contributed by atoms with Crippen molar-refractivity contribution in [3.63, 3.8) is 0 Å². The zero-order valence-corrected chi connectivity index (χ0v) is 12.6. The highest BCUT2D eigenvalue weighted by atomic mass is 79.9. The third kappa shape index (κ3) is 2.89. The molecule has 0 heterocycles. The third-order valence-electron chi connectivity index (χ3n) is 2.48. The fraction of sp³-hybridized carbons (Fsp3) is 0.364. The van der Waals surface area contributed by atoms with E-state index in [4.69, 9.17) is 11.6 Å². The van der Waals surface area contributed by atoms with Crippen LogP contribution in [0.3, 0.4) is 0 Å². The topological polar surface area (TPSA) is 51.2 Å². The molecule has 17 heavy (non-hydrogen) atoms. The average molecular weight is 340 g/mol. The number of rotatable bonds is 4. The fourth-order valence-electron chi connectivity index (χ4n) is 1.27. The number of carbonyl (C=O) groups is 1. The van der Waals surface area contributed by atoms with Gasteiger partial charge in [-0.15, -0.1) is 0 Å². The minimum absolute atomic E-state index is 0.103. The van der Waals surface area contributed by atoms with Crippen LogP contribution < -0.4 is 0 Å². The lowest BCUT2D eigenvalue weighted by Crippen LogP contribution is -2.38. The van der Waals surface area contributed by atoms with E-state index >= 15 is 0 Å². The molecule has 0 aliphatic rings. The predicted molar refractivity (Wildman–Crippen MR) is 72.6 cm³/mol. The highest BCUT2D eigenvalue weighted by molar-refractivity contribution is 9.12. The van der Waals surface area contributed by atoms with E-state index in [1.165, 1.54) is 26.0 Å². The molecule has 0 aromatic heterocycles. The Balaban J connectivity index is 3.18. The Hall–Kier alpha value is -0.390. The highest BCUT2D eigenvalue weighted by Gasteiger charge is 2.42. The molecule has 94 valence electrons. The second-order valence-corrected chi connectivity index (χ2v) is 8.83. The van der Waals surface area contributed by atoms with Crippen molar-refractivity contribution in [2.24, 2.45) is 0 Å². The monoisotopic (exact) mass is 338 g/mol. The largest absolute Gasteiger partial charge is 0.291 e. The van der Waals surface area contributed by atoms with Gasteiger partial charge in [-0.2, -0.15) is 0 Å². The summed E-state index contributed by atoms with van der Waals surface area (Å²) in [7, 11) is -3.52. The summed E-state index contributed by atoms with van der Waals surface area (Å²) in [6.45, 7) is 2.85. The van der Waals surface area contributed by atoms with Crippen molar-refractivity contribution in [2.45, 2.75) is 17.5 Å². The fourth-order valence-corrected chi connectivity index (χ4v) is 3.26. The molecule has 3 nitrogen and oxygen atoms in total. The van der Waals surface area contributed by atoms with Crippen LogP contribution in [0.15, 0.2) is 24.3 Å². The Morgan fingerprint density at radius 2 is 1.82 bits per heavy atom. The van der Waals surface area contributed by atoms with Crippen molar-refractivity contribution in [1.29, 1.82) is 0 Å². The summed E-state index contributed by atoms with van der Waals surface area (Å²) < 4.78 is 22.0. The number of hydrogen-bond donors (Lipinski definition) is 0. The van der Waals surface area contributed by atoms with E-state index in [-0.39, 0.29) is 5.75 Å². The first-order valence-corrected chi connectivity index (χ1v) is 7.76. The van der Waals surface area contributed by atoms with E-state index in [0.29, 0.717) is 10.6 Å². The Morgan fingerprint density at radius 1 is 1.35 bits per heavy atom. The van der Waals surface area contributed by atoms with Gasteiger partial charge < -0.3 is 0 Å². The summed E-state index contributed by atoms with van der Waals surface area (Å²) in [5.41, 5.74) is 0.311. The first-order valence-electron chi connectivity index (χ1n) is 4.94. The van der Waals surface area contributed by atoms with Crippen LogP contribution in [0.25, 0.3) is 0 Å². The molecule has 0 saturated carbocycles. The van der Waals surface area contributed by atoms with Crippen LogP contribution >= 0.6 is 27.5 Å². The summed E-state index contributed by atoms with van der Waals surface area (Å²) in [5, 5.41) is 0.496. The van der Waals surface area contributed by atoms with Gasteiger partial charge in [0.2, 0.25) is 0 Å². The average Bonchev–Trinajstić information content (AvgIpc) is 2.28. The number of Topliss-reactive ketones (excluding diaryl/α,β-unsaturated/α-hetero) is 1. The molecule has 0 fully saturated rings. The zero-order valence-electron chi connectivity index (χ0n) is 9.41. The van der Waals surface area contributed by atoms with Crippen molar-refractivity contribution in [3.8, 4) is 0 Å². The van der Waals surface area contributed by atoms with Crippen molar-refractivity contribution in [3.05, 3.63) is 34.9 Å². The predicted octanol–water partition coefficient (Wildman–Crippen LogP) is 3.07. The van der Waals surface area contributed by atoms with Crippen LogP contribution in [0, 0.1) is 0 Å². The minimum atomic E-state index is -3.52. The van der Waals surface area contributed by atoms with Gasteiger partial charge in [-0.25, -0.2) is 8.42 Å². The van der Waals surface area contributed by atoms with Gasteiger partial charge in [0.15, 0.2) is 19.3 Å². The third-order valence-corrected chi connectivity index (χ3v) is 6.68. The zero-order chi connectivity index (χ0) is 13.3. The van der Waals surface area contributed by atoms with Gasteiger partial charge in [0.25, 0.3) is 0 Å². The van der Waals surface area contributed by atoms with Crippen LogP contribution in [-0.2, 0) is 9.84 Å². The normalized spacial score (nSPS) is 15.3. The number of carbonyl (C=O) groups excluding carboxylic acids is 1. The highest BCUT2D eigenvalue weighted by Crippen LogP contribution is 2.30. The second kappa shape index (κ2) is 5.08. The molecule has 0 spiro atoms. The van der Waals surface area contributed by atoms with Crippen LogP contribution in [0.1, 0.15) is 24.2 Å². The Morgan fingerprint density at radius 3 is 2.24 bits per heavy atom. The van der Waals surface area contributed by atoms with E-state index in [2.05, 4.69) is 15.9 Å². The number of hydrogen-bond acceptors (Lipinski definition) is 3. The summed E-state index contributed by atoms with van der Waals surface area (Å²) in [6, 6.07) is 6.12. The van der Waals surface area contributed by atoms with Gasteiger partial charge in [0.1, 0.15) is 0 Å². The molecular weight excluding hydrogens is 328 g/mol. The number of ketones is 1. The Bertz CT molecular complexity index is 520. The molecule has 1 aromatic rings. The summed E-state index contributed by atoms with van der Waals surface area (Å²) >= 11 is 8.72. The first-order chi connectivity index (χ1) is 7.72. The lowest BCUT2D eigenvalue weighted by molar-refractivity contribution is 0.0983. The number of sulfone groups is 1. The molecule has 0 bridgehead atoms. The lowest BCUT2D eigenvalue weighted by Gasteiger charge is -2.20. The maximum atomic E-state index is 12.1. The number of alkyl halides is 1. The molecule has 0 unspecified atom stereocenters. The van der Waals surface area contributed by atoms with E-state index in [0.717, 1.165) is 0 Å². The first kappa shape index (κ1) is 14.7. The smallest absolute Gasteiger partial charge is 0.194 e. The summed E-state index contributed by atoms with van der Waals surface area (Å²) in [5.74, 6) is -0.593. The molecule has 0 N–H and O–H groups in total. The molecule has 1 rings (SSSR count). The SMILES string of the molecule is CCS(=O)(=O)[C@](C)(Br)C(=O)c1ccc(Cl)cc1. The van der Waals surface area contributed by atoms with Gasteiger partial charge in [0.05, 0.1) is 0 Å². The molecule has 0 aliphatic heterocycles. The maximum absolute atomic E-state index is 12.1. The number of halogens is 2. The second-order valence-electron chi connectivity index (χ2n) is 3.66. The van der Waals surface area contributed by atoms with Crippen LogP contribution in [0.5, 0.6) is 0 Å². The number of benzene rings is 1. The van der Waals surface area contributed by atoms with E-state index in [9.17, 15) is 13.2 Å². The summed E-state index contributed by atoms with van der Waals surface area (Å²) in [4.78, 5) is 12.1. The molecule has 0 radical (unpaired) electrons. The quantitative estimate of drug-likeness (QED) is 0.626. The van der Waals surface area contributed by atoms with Crippen LogP contribution in [0.2, 0.25) is 5.02 Å². The molecule has 1 aromatic carbocycles. The van der Waals surface area contributed by atoms with Crippen LogP contribution in [-0.4, -0.2) is 23.6 Å². The van der Waals surface area contributed by atoms with Gasteiger partial charge >= 0.3 is 0 Å².